The van der Waals surface area contributed by atoms with Crippen molar-refractivity contribution in [2.75, 3.05) is 26.1 Å². The Labute approximate surface area is 114 Å². The van der Waals surface area contributed by atoms with Crippen molar-refractivity contribution in [2.24, 2.45) is 0 Å². The molecule has 100 valence electrons. The molecular formula is C16H19NO2. The molecule has 0 heterocycles. The lowest BCUT2D eigenvalue weighted by molar-refractivity contribution is 0.146. The monoisotopic (exact) mass is 257 g/mol. The van der Waals surface area contributed by atoms with Gasteiger partial charge in [-0.3, -0.25) is 0 Å². The van der Waals surface area contributed by atoms with Gasteiger partial charge in [-0.1, -0.05) is 30.3 Å². The van der Waals surface area contributed by atoms with E-state index in [9.17, 15) is 0 Å². The minimum Gasteiger partial charge on any atom is -0.491 e. The Morgan fingerprint density at radius 3 is 2.53 bits per heavy atom. The minimum atomic E-state index is 0.527. The molecular weight excluding hydrogens is 238 g/mol. The molecule has 19 heavy (non-hydrogen) atoms. The van der Waals surface area contributed by atoms with Gasteiger partial charge >= 0.3 is 0 Å². The van der Waals surface area contributed by atoms with E-state index in [4.69, 9.17) is 15.2 Å². The normalized spacial score (nSPS) is 10.4. The fourth-order valence-corrected chi connectivity index (χ4v) is 1.98. The maximum Gasteiger partial charge on any atom is 0.127 e. The van der Waals surface area contributed by atoms with Crippen LogP contribution in [-0.2, 0) is 4.74 Å². The second kappa shape index (κ2) is 6.25. The molecule has 2 aromatic rings. The van der Waals surface area contributed by atoms with Crippen molar-refractivity contribution >= 4 is 5.69 Å². The number of ether oxygens (including phenoxy) is 2. The standard InChI is InChI=1S/C16H19NO2/c1-12-7-8-13(15(17)11-12)14-5-3-4-6-16(14)19-10-9-18-2/h3-8,11H,9-10,17H2,1-2H3. The number of benzene rings is 2. The number of nitrogens with two attached hydrogens (primary N) is 1. The van der Waals surface area contributed by atoms with Gasteiger partial charge in [0.25, 0.3) is 0 Å². The van der Waals surface area contributed by atoms with E-state index < -0.39 is 0 Å². The summed E-state index contributed by atoms with van der Waals surface area (Å²) in [6.45, 7) is 3.12. The number of aryl methyl sites for hydroxylation is 1. The van der Waals surface area contributed by atoms with Crippen LogP contribution in [0.2, 0.25) is 0 Å². The van der Waals surface area contributed by atoms with E-state index in [0.29, 0.717) is 13.2 Å². The lowest BCUT2D eigenvalue weighted by Gasteiger charge is -2.13. The largest absolute Gasteiger partial charge is 0.491 e. The molecule has 0 radical (unpaired) electrons. The number of para-hydroxylation sites is 1. The maximum atomic E-state index is 6.10. The van der Waals surface area contributed by atoms with Gasteiger partial charge in [0, 0.05) is 23.9 Å². The average Bonchev–Trinajstić information content (AvgIpc) is 2.40. The molecule has 0 atom stereocenters. The van der Waals surface area contributed by atoms with Crippen LogP contribution in [0.4, 0.5) is 5.69 Å². The van der Waals surface area contributed by atoms with Gasteiger partial charge in [-0.2, -0.15) is 0 Å². The van der Waals surface area contributed by atoms with Crippen LogP contribution in [0.25, 0.3) is 11.1 Å². The Kier molecular flexibility index (Phi) is 4.42. The van der Waals surface area contributed by atoms with Gasteiger partial charge < -0.3 is 15.2 Å². The maximum absolute atomic E-state index is 6.10. The highest BCUT2D eigenvalue weighted by Crippen LogP contribution is 2.34. The summed E-state index contributed by atoms with van der Waals surface area (Å²) < 4.78 is 10.7. The molecule has 3 heteroatoms. The fourth-order valence-electron chi connectivity index (χ4n) is 1.98. The topological polar surface area (TPSA) is 44.5 Å². The summed E-state index contributed by atoms with van der Waals surface area (Å²) >= 11 is 0. The molecule has 0 amide bonds. The summed E-state index contributed by atoms with van der Waals surface area (Å²) in [6, 6.07) is 14.0. The fraction of sp³-hybridized carbons (Fsp3) is 0.250. The molecule has 2 rings (SSSR count). The van der Waals surface area contributed by atoms with Crippen LogP contribution in [0.5, 0.6) is 5.75 Å². The van der Waals surface area contributed by atoms with Gasteiger partial charge in [-0.15, -0.1) is 0 Å². The van der Waals surface area contributed by atoms with E-state index in [1.807, 2.05) is 43.3 Å². The zero-order valence-corrected chi connectivity index (χ0v) is 11.3. The summed E-state index contributed by atoms with van der Waals surface area (Å²) in [5.74, 6) is 0.829. The van der Waals surface area contributed by atoms with Gasteiger partial charge in [0.1, 0.15) is 12.4 Å². The summed E-state index contributed by atoms with van der Waals surface area (Å²) in [5, 5.41) is 0. The Morgan fingerprint density at radius 1 is 1.00 bits per heavy atom. The van der Waals surface area contributed by atoms with E-state index in [1.165, 1.54) is 0 Å². The smallest absolute Gasteiger partial charge is 0.127 e. The van der Waals surface area contributed by atoms with Crippen LogP contribution in [0.15, 0.2) is 42.5 Å². The summed E-state index contributed by atoms with van der Waals surface area (Å²) in [7, 11) is 1.66. The molecule has 3 nitrogen and oxygen atoms in total. The summed E-state index contributed by atoms with van der Waals surface area (Å²) in [4.78, 5) is 0. The highest BCUT2D eigenvalue weighted by molar-refractivity contribution is 5.80. The zero-order chi connectivity index (χ0) is 13.7. The van der Waals surface area contributed by atoms with Gasteiger partial charge in [0.15, 0.2) is 0 Å². The van der Waals surface area contributed by atoms with Crippen molar-refractivity contribution < 1.29 is 9.47 Å². The van der Waals surface area contributed by atoms with E-state index in [-0.39, 0.29) is 0 Å². The van der Waals surface area contributed by atoms with E-state index in [1.54, 1.807) is 7.11 Å². The first kappa shape index (κ1) is 13.4. The number of hydrogen-bond acceptors (Lipinski definition) is 3. The van der Waals surface area contributed by atoms with Crippen molar-refractivity contribution in [2.45, 2.75) is 6.92 Å². The number of nitrogen functional groups attached to an aromatic ring is 1. The lowest BCUT2D eigenvalue weighted by Crippen LogP contribution is -2.05. The van der Waals surface area contributed by atoms with Crippen LogP contribution in [0, 0.1) is 6.92 Å². The molecule has 2 N–H and O–H groups in total. The summed E-state index contributed by atoms with van der Waals surface area (Å²) in [5.41, 5.74) is 10.0. The van der Waals surface area contributed by atoms with Crippen LogP contribution < -0.4 is 10.5 Å². The first-order valence-electron chi connectivity index (χ1n) is 6.29. The minimum absolute atomic E-state index is 0.527. The van der Waals surface area contributed by atoms with Crippen LogP contribution >= 0.6 is 0 Å². The molecule has 0 aliphatic rings. The quantitative estimate of drug-likeness (QED) is 0.660. The Bertz CT molecular complexity index is 552. The van der Waals surface area contributed by atoms with Gasteiger partial charge in [-0.05, 0) is 24.6 Å². The SMILES string of the molecule is COCCOc1ccccc1-c1ccc(C)cc1N. The number of rotatable bonds is 5. The van der Waals surface area contributed by atoms with Gasteiger partial charge in [0.05, 0.1) is 6.61 Å². The third-order valence-corrected chi connectivity index (χ3v) is 2.93. The second-order valence-corrected chi connectivity index (χ2v) is 4.43. The Balaban J connectivity index is 2.33. The first-order valence-corrected chi connectivity index (χ1v) is 6.29. The molecule has 0 aromatic heterocycles. The van der Waals surface area contributed by atoms with Gasteiger partial charge in [0.2, 0.25) is 0 Å². The molecule has 0 spiro atoms. The summed E-state index contributed by atoms with van der Waals surface area (Å²) in [6.07, 6.45) is 0. The Morgan fingerprint density at radius 2 is 1.79 bits per heavy atom. The first-order chi connectivity index (χ1) is 9.22. The number of hydrogen-bond donors (Lipinski definition) is 1. The highest BCUT2D eigenvalue weighted by Gasteiger charge is 2.08. The van der Waals surface area contributed by atoms with Crippen LogP contribution in [0.1, 0.15) is 5.56 Å². The van der Waals surface area contributed by atoms with Crippen molar-refractivity contribution in [3.05, 3.63) is 48.0 Å². The predicted molar refractivity (Wildman–Crippen MR) is 78.4 cm³/mol. The molecule has 0 saturated carbocycles. The van der Waals surface area contributed by atoms with Crippen molar-refractivity contribution in [3.8, 4) is 16.9 Å². The average molecular weight is 257 g/mol. The zero-order valence-electron chi connectivity index (χ0n) is 11.3. The van der Waals surface area contributed by atoms with Crippen molar-refractivity contribution in [1.82, 2.24) is 0 Å². The van der Waals surface area contributed by atoms with Crippen molar-refractivity contribution in [1.29, 1.82) is 0 Å². The predicted octanol–water partition coefficient (Wildman–Crippen LogP) is 3.27. The number of methoxy groups -OCH3 is 1. The Hall–Kier alpha value is -2.00. The second-order valence-electron chi connectivity index (χ2n) is 4.43. The van der Waals surface area contributed by atoms with Crippen LogP contribution in [-0.4, -0.2) is 20.3 Å². The molecule has 0 unspecified atom stereocenters. The van der Waals surface area contributed by atoms with E-state index in [0.717, 1.165) is 28.1 Å². The molecule has 0 bridgehead atoms. The lowest BCUT2D eigenvalue weighted by atomic mass is 10.0. The molecule has 0 aliphatic heterocycles. The number of anilines is 1. The van der Waals surface area contributed by atoms with E-state index in [2.05, 4.69) is 6.07 Å². The third-order valence-electron chi connectivity index (χ3n) is 2.93. The molecule has 0 fully saturated rings. The molecule has 0 saturated heterocycles. The van der Waals surface area contributed by atoms with Crippen LogP contribution in [0.3, 0.4) is 0 Å². The van der Waals surface area contributed by atoms with Crippen molar-refractivity contribution in [3.63, 3.8) is 0 Å². The molecule has 2 aromatic carbocycles. The molecule has 0 aliphatic carbocycles. The highest BCUT2D eigenvalue weighted by atomic mass is 16.5. The third kappa shape index (κ3) is 3.26. The van der Waals surface area contributed by atoms with Gasteiger partial charge in [-0.25, -0.2) is 0 Å². The van der Waals surface area contributed by atoms with E-state index >= 15 is 0 Å².